The molecule has 1 saturated heterocycles. The fourth-order valence-electron chi connectivity index (χ4n) is 5.87. The van der Waals surface area contributed by atoms with Crippen LogP contribution in [0.5, 0.6) is 5.75 Å². The summed E-state index contributed by atoms with van der Waals surface area (Å²) in [6.07, 6.45) is 1.22. The van der Waals surface area contributed by atoms with Crippen molar-refractivity contribution < 1.29 is 17.9 Å². The molecule has 5 rings (SSSR count). The number of hydrogen-bond acceptors (Lipinski definition) is 5. The molecule has 43 heavy (non-hydrogen) atoms. The Kier molecular flexibility index (Phi) is 8.86. The van der Waals surface area contributed by atoms with Gasteiger partial charge in [0.05, 0.1) is 16.7 Å². The Hall–Kier alpha value is -2.33. The Morgan fingerprint density at radius 2 is 1.44 bits per heavy atom. The van der Waals surface area contributed by atoms with Crippen LogP contribution in [0.4, 0.5) is 4.79 Å². The van der Waals surface area contributed by atoms with Crippen LogP contribution in [-0.2, 0) is 21.1 Å². The second kappa shape index (κ2) is 11.9. The van der Waals surface area contributed by atoms with E-state index in [1.807, 2.05) is 52.0 Å². The highest BCUT2D eigenvalue weighted by atomic mass is 35.5. The number of rotatable bonds is 7. The number of hydrogen-bond donors (Lipinski definition) is 0. The molecule has 0 saturated carbocycles. The summed E-state index contributed by atoms with van der Waals surface area (Å²) in [4.78, 5) is 20.0. The minimum Gasteiger partial charge on any atom is -0.490 e. The van der Waals surface area contributed by atoms with E-state index in [0.29, 0.717) is 28.7 Å². The van der Waals surface area contributed by atoms with E-state index < -0.39 is 26.5 Å². The van der Waals surface area contributed by atoms with E-state index in [1.165, 1.54) is 21.3 Å². The van der Waals surface area contributed by atoms with Crippen LogP contribution in [0.25, 0.3) is 0 Å². The number of carbonyl (C=O) groups excluding carboxylic acids is 1. The fraction of sp³-hybridized carbons (Fsp3) is 0.355. The average molecular weight is 683 g/mol. The molecule has 3 aromatic carbocycles. The van der Waals surface area contributed by atoms with Crippen molar-refractivity contribution in [1.82, 2.24) is 9.21 Å². The van der Waals surface area contributed by atoms with Gasteiger partial charge in [-0.3, -0.25) is 14.7 Å². The van der Waals surface area contributed by atoms with E-state index in [-0.39, 0.29) is 33.2 Å². The topological polar surface area (TPSA) is 79.3 Å². The molecule has 1 fully saturated rings. The molecule has 2 aliphatic rings. The predicted octanol–water partition coefficient (Wildman–Crippen LogP) is 8.47. The summed E-state index contributed by atoms with van der Waals surface area (Å²) in [5, 5.41) is 0.249. The number of amides is 1. The smallest absolute Gasteiger partial charge is 0.322 e. The van der Waals surface area contributed by atoms with E-state index in [4.69, 9.17) is 56.1 Å². The Balaban J connectivity index is 1.83. The molecule has 3 aromatic rings. The van der Waals surface area contributed by atoms with Crippen LogP contribution < -0.4 is 4.74 Å². The number of aliphatic imine (C=N–C) groups is 1. The Morgan fingerprint density at radius 3 is 1.95 bits per heavy atom. The molecule has 228 valence electrons. The van der Waals surface area contributed by atoms with Gasteiger partial charge in [0.25, 0.3) is 0 Å². The summed E-state index contributed by atoms with van der Waals surface area (Å²) in [6, 6.07) is 17.2. The molecule has 2 atom stereocenters. The van der Waals surface area contributed by atoms with Crippen LogP contribution in [-0.4, -0.2) is 48.0 Å². The number of carbonyl (C=O) groups is 1. The Bertz CT molecular complexity index is 1690. The van der Waals surface area contributed by atoms with Crippen LogP contribution in [0, 0.1) is 0 Å². The molecule has 1 amide bonds. The van der Waals surface area contributed by atoms with Crippen molar-refractivity contribution in [3.63, 3.8) is 0 Å². The lowest BCUT2D eigenvalue weighted by atomic mass is 9.71. The maximum Gasteiger partial charge on any atom is 0.322 e. The second-order valence-corrected chi connectivity index (χ2v) is 14.7. The maximum atomic E-state index is 13.8. The number of amidine groups is 1. The summed E-state index contributed by atoms with van der Waals surface area (Å²) in [5.41, 5.74) is -0.622. The number of sulfonamides is 1. The highest BCUT2D eigenvalue weighted by molar-refractivity contribution is 7.89. The first kappa shape index (κ1) is 32.1. The van der Waals surface area contributed by atoms with E-state index in [0.717, 1.165) is 18.4 Å². The molecule has 2 aliphatic heterocycles. The largest absolute Gasteiger partial charge is 0.490 e. The molecule has 7 nitrogen and oxygen atoms in total. The molecule has 2 heterocycles. The predicted molar refractivity (Wildman–Crippen MR) is 172 cm³/mol. The molecular formula is C31H31Cl4N3O4S. The second-order valence-electron chi connectivity index (χ2n) is 11.2. The summed E-state index contributed by atoms with van der Waals surface area (Å²) in [5.74, 6) is 0.404. The highest BCUT2D eigenvalue weighted by Gasteiger charge is 2.59. The third kappa shape index (κ3) is 5.55. The Morgan fingerprint density at radius 1 is 0.907 bits per heavy atom. The lowest BCUT2D eigenvalue weighted by Crippen LogP contribution is -2.53. The minimum absolute atomic E-state index is 0.00886. The zero-order valence-electron chi connectivity index (χ0n) is 24.1. The quantitative estimate of drug-likeness (QED) is 0.185. The van der Waals surface area contributed by atoms with Gasteiger partial charge < -0.3 is 4.74 Å². The Labute approximate surface area is 272 Å². The minimum atomic E-state index is -3.95. The zero-order valence-corrected chi connectivity index (χ0v) is 27.9. The summed E-state index contributed by atoms with van der Waals surface area (Å²) < 4.78 is 35.1. The zero-order chi connectivity index (χ0) is 31.3. The van der Waals surface area contributed by atoms with Gasteiger partial charge in [-0.1, -0.05) is 59.1 Å². The number of benzene rings is 3. The van der Waals surface area contributed by atoms with E-state index >= 15 is 0 Å². The van der Waals surface area contributed by atoms with Gasteiger partial charge in [0.2, 0.25) is 10.0 Å². The standard InChI is InChI=1S/C31H31Cl4N3O4S/c1-19(2)42-26-18-25(34)27(43(40,41)37-15-5-6-16-37)17-24(26)28-36-30(3,20-7-11-22(32)12-8-20)31(4,38(28)29(35)39)21-9-13-23(33)14-10-21/h7-14,17-19H,5-6,15-16H2,1-4H3. The van der Waals surface area contributed by atoms with E-state index in [1.54, 1.807) is 24.3 Å². The third-order valence-corrected chi connectivity index (χ3v) is 11.3. The van der Waals surface area contributed by atoms with Crippen LogP contribution in [0.15, 0.2) is 70.6 Å². The van der Waals surface area contributed by atoms with Crippen molar-refractivity contribution in [2.24, 2.45) is 4.99 Å². The van der Waals surface area contributed by atoms with Crippen molar-refractivity contribution in [3.05, 3.63) is 92.4 Å². The normalized spacial score (nSPS) is 22.7. The molecule has 2 unspecified atom stereocenters. The van der Waals surface area contributed by atoms with Gasteiger partial charge in [-0.25, -0.2) is 8.42 Å². The van der Waals surface area contributed by atoms with Gasteiger partial charge in [-0.15, -0.1) is 0 Å². The monoisotopic (exact) mass is 681 g/mol. The molecule has 0 spiro atoms. The van der Waals surface area contributed by atoms with Gasteiger partial charge in [-0.2, -0.15) is 4.31 Å². The van der Waals surface area contributed by atoms with Gasteiger partial charge in [0.15, 0.2) is 0 Å². The van der Waals surface area contributed by atoms with Crippen LogP contribution in [0.3, 0.4) is 0 Å². The molecule has 0 bridgehead atoms. The maximum absolute atomic E-state index is 13.8. The average Bonchev–Trinajstić information content (AvgIpc) is 3.56. The van der Waals surface area contributed by atoms with Gasteiger partial charge in [0.1, 0.15) is 27.6 Å². The summed E-state index contributed by atoms with van der Waals surface area (Å²) in [7, 11) is -3.95. The van der Waals surface area contributed by atoms with Crippen molar-refractivity contribution in [2.75, 3.05) is 13.1 Å². The first-order valence-corrected chi connectivity index (χ1v) is 16.8. The van der Waals surface area contributed by atoms with Gasteiger partial charge >= 0.3 is 5.37 Å². The number of ether oxygens (including phenoxy) is 1. The summed E-state index contributed by atoms with van der Waals surface area (Å²) >= 11 is 25.5. The van der Waals surface area contributed by atoms with Crippen molar-refractivity contribution in [3.8, 4) is 5.75 Å². The van der Waals surface area contributed by atoms with Crippen LogP contribution in [0.1, 0.15) is 57.2 Å². The fourth-order valence-corrected chi connectivity index (χ4v) is 8.41. The first-order valence-electron chi connectivity index (χ1n) is 13.8. The van der Waals surface area contributed by atoms with Crippen molar-refractivity contribution in [2.45, 2.75) is 62.6 Å². The van der Waals surface area contributed by atoms with E-state index in [2.05, 4.69) is 0 Å². The van der Waals surface area contributed by atoms with Crippen molar-refractivity contribution >= 4 is 67.6 Å². The van der Waals surface area contributed by atoms with Gasteiger partial charge in [-0.05, 0) is 93.6 Å². The first-order chi connectivity index (χ1) is 20.2. The number of halogens is 4. The van der Waals surface area contributed by atoms with Crippen LogP contribution >= 0.6 is 46.4 Å². The van der Waals surface area contributed by atoms with Crippen LogP contribution in [0.2, 0.25) is 15.1 Å². The summed E-state index contributed by atoms with van der Waals surface area (Å²) in [6.45, 7) is 8.23. The van der Waals surface area contributed by atoms with Gasteiger partial charge in [0, 0.05) is 29.2 Å². The lowest BCUT2D eigenvalue weighted by Gasteiger charge is -2.44. The SMILES string of the molecule is CC(C)Oc1cc(Cl)c(S(=O)(=O)N2CCCC2)cc1C1=NC(C)(c2ccc(Cl)cc2)C(C)(c2ccc(Cl)cc2)N1C(=O)Cl. The van der Waals surface area contributed by atoms with E-state index in [9.17, 15) is 13.2 Å². The molecule has 0 aromatic heterocycles. The molecule has 0 radical (unpaired) electrons. The molecular weight excluding hydrogens is 652 g/mol. The third-order valence-electron chi connectivity index (χ3n) is 8.25. The molecule has 12 heteroatoms. The highest BCUT2D eigenvalue weighted by Crippen LogP contribution is 2.54. The number of nitrogens with zero attached hydrogens (tertiary/aromatic N) is 3. The molecule has 0 aliphatic carbocycles. The molecule has 0 N–H and O–H groups in total. The van der Waals surface area contributed by atoms with Crippen molar-refractivity contribution in [1.29, 1.82) is 0 Å². The lowest BCUT2D eigenvalue weighted by molar-refractivity contribution is 0.149.